The number of ketones is 1. The van der Waals surface area contributed by atoms with Crippen LogP contribution in [-0.4, -0.2) is 18.0 Å². The number of rotatable bonds is 0. The summed E-state index contributed by atoms with van der Waals surface area (Å²) < 4.78 is 0. The van der Waals surface area contributed by atoms with E-state index in [9.17, 15) is 4.79 Å². The zero-order valence-corrected chi connectivity index (χ0v) is 4.72. The Labute approximate surface area is 47.9 Å². The first-order valence-electron chi connectivity index (χ1n) is 2.52. The first-order valence-corrected chi connectivity index (χ1v) is 2.52. The van der Waals surface area contributed by atoms with E-state index in [-0.39, 0.29) is 5.78 Å². The van der Waals surface area contributed by atoms with Crippen LogP contribution in [0.1, 0.15) is 6.92 Å². The number of dihydropyridines is 1. The number of hydrogen-bond donors (Lipinski definition) is 0. The maximum atomic E-state index is 10.6. The molecule has 1 aliphatic heterocycles. The summed E-state index contributed by atoms with van der Waals surface area (Å²) in [5.41, 5.74) is 0.618. The Morgan fingerprint density at radius 2 is 2.50 bits per heavy atom. The second kappa shape index (κ2) is 1.90. The number of nitrogens with zero attached hydrogens (tertiary/aromatic N) is 1. The van der Waals surface area contributed by atoms with Gasteiger partial charge in [-0.05, 0) is 13.0 Å². The standard InChI is InChI=1S/C6H7NO/c1-5-6(8)3-2-4-7-5/h2-3H,4H2,1H3. The van der Waals surface area contributed by atoms with Gasteiger partial charge in [-0.15, -0.1) is 0 Å². The van der Waals surface area contributed by atoms with E-state index in [1.54, 1.807) is 19.1 Å². The van der Waals surface area contributed by atoms with Crippen molar-refractivity contribution in [2.75, 3.05) is 6.54 Å². The molecule has 0 atom stereocenters. The van der Waals surface area contributed by atoms with E-state index in [1.807, 2.05) is 0 Å². The van der Waals surface area contributed by atoms with Gasteiger partial charge in [0.05, 0.1) is 12.3 Å². The molecule has 0 aliphatic carbocycles. The average Bonchev–Trinajstić information content (AvgIpc) is 1.77. The van der Waals surface area contributed by atoms with Crippen molar-refractivity contribution in [3.05, 3.63) is 12.2 Å². The molecule has 1 aliphatic rings. The van der Waals surface area contributed by atoms with E-state index >= 15 is 0 Å². The molecule has 2 nitrogen and oxygen atoms in total. The van der Waals surface area contributed by atoms with Crippen LogP contribution in [-0.2, 0) is 4.79 Å². The lowest BCUT2D eigenvalue weighted by Crippen LogP contribution is -2.10. The summed E-state index contributed by atoms with van der Waals surface area (Å²) >= 11 is 0. The number of allylic oxidation sites excluding steroid dienone is 1. The highest BCUT2D eigenvalue weighted by Crippen LogP contribution is 1.90. The number of carbonyl (C=O) groups is 1. The van der Waals surface area contributed by atoms with Crippen molar-refractivity contribution >= 4 is 11.5 Å². The number of carbonyl (C=O) groups excluding carboxylic acids is 1. The Bertz CT molecular complexity index is 167. The first kappa shape index (κ1) is 5.22. The molecule has 0 aromatic heterocycles. The molecule has 0 aromatic rings. The minimum atomic E-state index is 0.0382. The minimum absolute atomic E-state index is 0.0382. The summed E-state index contributed by atoms with van der Waals surface area (Å²) in [6.45, 7) is 2.39. The van der Waals surface area contributed by atoms with E-state index in [0.717, 1.165) is 0 Å². The normalized spacial score (nSPS) is 18.6. The van der Waals surface area contributed by atoms with Gasteiger partial charge in [-0.25, -0.2) is 0 Å². The summed E-state index contributed by atoms with van der Waals surface area (Å²) in [6, 6.07) is 0. The van der Waals surface area contributed by atoms with Gasteiger partial charge in [0.1, 0.15) is 0 Å². The SMILES string of the molecule is CC1=NCC=CC1=O. The van der Waals surface area contributed by atoms with Crippen molar-refractivity contribution in [1.82, 2.24) is 0 Å². The van der Waals surface area contributed by atoms with Gasteiger partial charge in [0.2, 0.25) is 0 Å². The molecule has 1 rings (SSSR count). The Kier molecular flexibility index (Phi) is 1.24. The first-order chi connectivity index (χ1) is 3.80. The molecule has 42 valence electrons. The topological polar surface area (TPSA) is 29.4 Å². The molecule has 8 heavy (non-hydrogen) atoms. The third-order valence-corrected chi connectivity index (χ3v) is 1.06. The second-order valence-electron chi connectivity index (χ2n) is 1.69. The molecular formula is C6H7NO. The maximum Gasteiger partial charge on any atom is 0.199 e. The fourth-order valence-electron chi connectivity index (χ4n) is 0.548. The monoisotopic (exact) mass is 109 g/mol. The van der Waals surface area contributed by atoms with Crippen LogP contribution in [0.15, 0.2) is 17.1 Å². The van der Waals surface area contributed by atoms with Gasteiger partial charge in [-0.3, -0.25) is 9.79 Å². The number of aliphatic imine (C=N–C) groups is 1. The Morgan fingerprint density at radius 1 is 1.75 bits per heavy atom. The Hall–Kier alpha value is -0.920. The molecule has 0 saturated heterocycles. The second-order valence-corrected chi connectivity index (χ2v) is 1.69. The summed E-state index contributed by atoms with van der Waals surface area (Å²) in [5.74, 6) is 0.0382. The van der Waals surface area contributed by atoms with E-state index in [2.05, 4.69) is 4.99 Å². The summed E-state index contributed by atoms with van der Waals surface area (Å²) in [4.78, 5) is 14.5. The predicted molar refractivity (Wildman–Crippen MR) is 32.1 cm³/mol. The summed E-state index contributed by atoms with van der Waals surface area (Å²) in [5, 5.41) is 0. The molecule has 0 saturated carbocycles. The fourth-order valence-corrected chi connectivity index (χ4v) is 0.548. The van der Waals surface area contributed by atoms with Gasteiger partial charge < -0.3 is 0 Å². The van der Waals surface area contributed by atoms with Gasteiger partial charge in [0.15, 0.2) is 5.78 Å². The van der Waals surface area contributed by atoms with E-state index in [0.29, 0.717) is 12.3 Å². The van der Waals surface area contributed by atoms with E-state index in [4.69, 9.17) is 0 Å². The van der Waals surface area contributed by atoms with Crippen molar-refractivity contribution in [2.45, 2.75) is 6.92 Å². The molecular weight excluding hydrogens is 102 g/mol. The van der Waals surface area contributed by atoms with Crippen LogP contribution in [0.25, 0.3) is 0 Å². The van der Waals surface area contributed by atoms with Gasteiger partial charge in [-0.1, -0.05) is 6.08 Å². The average molecular weight is 109 g/mol. The van der Waals surface area contributed by atoms with Crippen LogP contribution in [0, 0.1) is 0 Å². The Morgan fingerprint density at radius 3 is 2.88 bits per heavy atom. The quantitative estimate of drug-likeness (QED) is 0.447. The van der Waals surface area contributed by atoms with E-state index in [1.165, 1.54) is 0 Å². The summed E-state index contributed by atoms with van der Waals surface area (Å²) in [7, 11) is 0. The van der Waals surface area contributed by atoms with Crippen LogP contribution >= 0.6 is 0 Å². The third-order valence-electron chi connectivity index (χ3n) is 1.06. The maximum absolute atomic E-state index is 10.6. The zero-order chi connectivity index (χ0) is 5.98. The molecule has 0 fully saturated rings. The molecule has 2 heteroatoms. The fraction of sp³-hybridized carbons (Fsp3) is 0.333. The smallest absolute Gasteiger partial charge is 0.199 e. The molecule has 0 spiro atoms. The van der Waals surface area contributed by atoms with Crippen LogP contribution in [0.3, 0.4) is 0 Å². The molecule has 0 amide bonds. The number of hydrogen-bond acceptors (Lipinski definition) is 2. The third kappa shape index (κ3) is 0.832. The van der Waals surface area contributed by atoms with E-state index < -0.39 is 0 Å². The van der Waals surface area contributed by atoms with Gasteiger partial charge in [0.25, 0.3) is 0 Å². The summed E-state index contributed by atoms with van der Waals surface area (Å²) in [6.07, 6.45) is 3.32. The molecule has 1 heterocycles. The molecule has 0 N–H and O–H groups in total. The highest BCUT2D eigenvalue weighted by Gasteiger charge is 2.02. The van der Waals surface area contributed by atoms with Crippen LogP contribution in [0.4, 0.5) is 0 Å². The zero-order valence-electron chi connectivity index (χ0n) is 4.72. The lowest BCUT2D eigenvalue weighted by molar-refractivity contribution is -0.109. The van der Waals surface area contributed by atoms with Crippen LogP contribution < -0.4 is 0 Å². The van der Waals surface area contributed by atoms with Crippen molar-refractivity contribution in [1.29, 1.82) is 0 Å². The molecule has 0 aromatic carbocycles. The van der Waals surface area contributed by atoms with Crippen LogP contribution in [0.2, 0.25) is 0 Å². The molecule has 0 bridgehead atoms. The van der Waals surface area contributed by atoms with Crippen molar-refractivity contribution in [2.24, 2.45) is 4.99 Å². The van der Waals surface area contributed by atoms with Crippen molar-refractivity contribution in [3.63, 3.8) is 0 Å². The molecule has 0 unspecified atom stereocenters. The van der Waals surface area contributed by atoms with Crippen molar-refractivity contribution in [3.8, 4) is 0 Å². The molecule has 0 radical (unpaired) electrons. The Balaban J connectivity index is 2.78. The highest BCUT2D eigenvalue weighted by atomic mass is 16.1. The minimum Gasteiger partial charge on any atom is -0.288 e. The van der Waals surface area contributed by atoms with Gasteiger partial charge in [0, 0.05) is 0 Å². The predicted octanol–water partition coefficient (Wildman–Crippen LogP) is 0.586. The van der Waals surface area contributed by atoms with Crippen molar-refractivity contribution < 1.29 is 4.79 Å². The highest BCUT2D eigenvalue weighted by molar-refractivity contribution is 6.43. The largest absolute Gasteiger partial charge is 0.288 e. The lowest BCUT2D eigenvalue weighted by atomic mass is 10.2. The van der Waals surface area contributed by atoms with Gasteiger partial charge in [-0.2, -0.15) is 0 Å². The lowest BCUT2D eigenvalue weighted by Gasteiger charge is -1.96. The van der Waals surface area contributed by atoms with Crippen LogP contribution in [0.5, 0.6) is 0 Å². The van der Waals surface area contributed by atoms with Gasteiger partial charge >= 0.3 is 0 Å².